The highest BCUT2D eigenvalue weighted by Crippen LogP contribution is 2.49. The first-order valence-corrected chi connectivity index (χ1v) is 4.82. The first kappa shape index (κ1) is 8.73. The second kappa shape index (κ2) is 2.56. The van der Waals surface area contributed by atoms with Crippen LogP contribution in [0.15, 0.2) is 0 Å². The van der Waals surface area contributed by atoms with Gasteiger partial charge in [0.2, 0.25) is 11.8 Å². The van der Waals surface area contributed by atoms with Gasteiger partial charge in [0.1, 0.15) is 0 Å². The third-order valence-corrected chi connectivity index (χ3v) is 3.20. The van der Waals surface area contributed by atoms with Crippen LogP contribution in [0, 0.1) is 17.3 Å². The maximum Gasteiger partial charge on any atom is 0.230 e. The highest BCUT2D eigenvalue weighted by Gasteiger charge is 2.46. The second-order valence-electron chi connectivity index (χ2n) is 5.06. The minimum atomic E-state index is -0.0975. The number of imide groups is 1. The van der Waals surface area contributed by atoms with Crippen LogP contribution in [0.3, 0.4) is 0 Å². The van der Waals surface area contributed by atoms with Crippen molar-refractivity contribution in [3.8, 4) is 0 Å². The number of rotatable bonds is 1. The Morgan fingerprint density at radius 1 is 1.31 bits per heavy atom. The smallest absolute Gasteiger partial charge is 0.230 e. The summed E-state index contributed by atoms with van der Waals surface area (Å²) in [6.45, 7) is 4.41. The predicted molar refractivity (Wildman–Crippen MR) is 47.8 cm³/mol. The summed E-state index contributed by atoms with van der Waals surface area (Å²) in [5, 5.41) is 2.37. The van der Waals surface area contributed by atoms with E-state index in [1.165, 1.54) is 0 Å². The van der Waals surface area contributed by atoms with Crippen molar-refractivity contribution in [1.29, 1.82) is 0 Å². The van der Waals surface area contributed by atoms with E-state index in [-0.39, 0.29) is 17.7 Å². The zero-order valence-electron chi connectivity index (χ0n) is 8.09. The molecule has 0 aromatic rings. The summed E-state index contributed by atoms with van der Waals surface area (Å²) in [6, 6.07) is 0. The average Bonchev–Trinajstić information content (AvgIpc) is 2.24. The van der Waals surface area contributed by atoms with Crippen molar-refractivity contribution >= 4 is 11.8 Å². The molecule has 2 amide bonds. The van der Waals surface area contributed by atoms with E-state index in [0.29, 0.717) is 17.8 Å². The van der Waals surface area contributed by atoms with Crippen LogP contribution in [-0.4, -0.2) is 11.8 Å². The van der Waals surface area contributed by atoms with Gasteiger partial charge in [0.05, 0.1) is 0 Å². The minimum absolute atomic E-state index is 0.0273. The van der Waals surface area contributed by atoms with Crippen LogP contribution in [0.4, 0.5) is 0 Å². The van der Waals surface area contributed by atoms with E-state index in [0.717, 1.165) is 12.8 Å². The van der Waals surface area contributed by atoms with Gasteiger partial charge in [-0.25, -0.2) is 0 Å². The van der Waals surface area contributed by atoms with Gasteiger partial charge in [-0.15, -0.1) is 0 Å². The number of hydrogen-bond donors (Lipinski definition) is 1. The van der Waals surface area contributed by atoms with Gasteiger partial charge in [-0.3, -0.25) is 14.9 Å². The van der Waals surface area contributed by atoms with Gasteiger partial charge < -0.3 is 0 Å². The molecule has 1 aliphatic carbocycles. The van der Waals surface area contributed by atoms with E-state index in [1.54, 1.807) is 0 Å². The topological polar surface area (TPSA) is 46.2 Å². The molecule has 1 heterocycles. The summed E-state index contributed by atoms with van der Waals surface area (Å²) < 4.78 is 0. The van der Waals surface area contributed by atoms with Gasteiger partial charge in [0, 0.05) is 12.3 Å². The fourth-order valence-electron chi connectivity index (χ4n) is 2.60. The molecule has 1 aliphatic heterocycles. The standard InChI is InChI=1S/C10H15NO2/c1-10(2)4-6(5-10)7-3-8(12)11-9(7)13/h6-7H,3-5H2,1-2H3,(H,11,12,13). The van der Waals surface area contributed by atoms with Gasteiger partial charge in [0.15, 0.2) is 0 Å². The lowest BCUT2D eigenvalue weighted by atomic mass is 9.60. The Kier molecular flexibility index (Phi) is 1.72. The highest BCUT2D eigenvalue weighted by atomic mass is 16.2. The summed E-state index contributed by atoms with van der Waals surface area (Å²) in [4.78, 5) is 22.2. The first-order chi connectivity index (χ1) is 5.98. The summed E-state index contributed by atoms with van der Waals surface area (Å²) in [7, 11) is 0. The van der Waals surface area contributed by atoms with Crippen LogP contribution in [0.25, 0.3) is 0 Å². The fraction of sp³-hybridized carbons (Fsp3) is 0.800. The molecule has 2 aliphatic rings. The van der Waals surface area contributed by atoms with E-state index in [9.17, 15) is 9.59 Å². The Hall–Kier alpha value is -0.860. The zero-order valence-corrected chi connectivity index (χ0v) is 8.09. The molecule has 13 heavy (non-hydrogen) atoms. The molecule has 2 rings (SSSR count). The summed E-state index contributed by atoms with van der Waals surface area (Å²) >= 11 is 0. The van der Waals surface area contributed by atoms with Crippen LogP contribution < -0.4 is 5.32 Å². The lowest BCUT2D eigenvalue weighted by Gasteiger charge is -2.44. The molecule has 0 spiro atoms. The first-order valence-electron chi connectivity index (χ1n) is 4.82. The largest absolute Gasteiger partial charge is 0.296 e. The van der Waals surface area contributed by atoms with Gasteiger partial charge in [0.25, 0.3) is 0 Å². The maximum atomic E-state index is 11.3. The van der Waals surface area contributed by atoms with Crippen LogP contribution in [-0.2, 0) is 9.59 Å². The number of hydrogen-bond acceptors (Lipinski definition) is 2. The Bertz CT molecular complexity index is 262. The lowest BCUT2D eigenvalue weighted by Crippen LogP contribution is -2.39. The SMILES string of the molecule is CC1(C)CC(C2CC(=O)NC2=O)C1. The van der Waals surface area contributed by atoms with Gasteiger partial charge >= 0.3 is 0 Å². The molecule has 1 saturated heterocycles. The van der Waals surface area contributed by atoms with E-state index in [2.05, 4.69) is 19.2 Å². The summed E-state index contributed by atoms with van der Waals surface area (Å²) in [5.74, 6) is 0.271. The number of carbonyl (C=O) groups is 2. The maximum absolute atomic E-state index is 11.3. The summed E-state index contributed by atoms with van der Waals surface area (Å²) in [5.41, 5.74) is 0.386. The van der Waals surface area contributed by atoms with Gasteiger partial charge in [-0.2, -0.15) is 0 Å². The molecular formula is C10H15NO2. The average molecular weight is 181 g/mol. The summed E-state index contributed by atoms with van der Waals surface area (Å²) in [6.07, 6.45) is 2.58. The molecule has 0 aromatic heterocycles. The quantitative estimate of drug-likeness (QED) is 0.615. The Balaban J connectivity index is 1.97. The van der Waals surface area contributed by atoms with Crippen LogP contribution in [0.5, 0.6) is 0 Å². The molecule has 3 nitrogen and oxygen atoms in total. The van der Waals surface area contributed by atoms with Crippen molar-refractivity contribution in [1.82, 2.24) is 5.32 Å². The monoisotopic (exact) mass is 181 g/mol. The predicted octanol–water partition coefficient (Wildman–Crippen LogP) is 1.09. The number of nitrogens with one attached hydrogen (secondary N) is 1. The number of amides is 2. The van der Waals surface area contributed by atoms with Crippen molar-refractivity contribution in [2.75, 3.05) is 0 Å². The van der Waals surface area contributed by atoms with E-state index in [1.807, 2.05) is 0 Å². The molecule has 72 valence electrons. The Labute approximate surface area is 77.9 Å². The molecule has 0 radical (unpaired) electrons. The lowest BCUT2D eigenvalue weighted by molar-refractivity contribution is -0.127. The van der Waals surface area contributed by atoms with Crippen molar-refractivity contribution in [3.63, 3.8) is 0 Å². The molecule has 2 fully saturated rings. The molecule has 1 N–H and O–H groups in total. The third kappa shape index (κ3) is 1.47. The van der Waals surface area contributed by atoms with Crippen molar-refractivity contribution in [3.05, 3.63) is 0 Å². The zero-order chi connectivity index (χ0) is 9.64. The highest BCUT2D eigenvalue weighted by molar-refractivity contribution is 6.03. The van der Waals surface area contributed by atoms with E-state index in [4.69, 9.17) is 0 Å². The van der Waals surface area contributed by atoms with E-state index < -0.39 is 0 Å². The van der Waals surface area contributed by atoms with Gasteiger partial charge in [-0.1, -0.05) is 13.8 Å². The Morgan fingerprint density at radius 2 is 1.92 bits per heavy atom. The molecule has 0 aromatic carbocycles. The normalized spacial score (nSPS) is 32.9. The minimum Gasteiger partial charge on any atom is -0.296 e. The molecular weight excluding hydrogens is 166 g/mol. The van der Waals surface area contributed by atoms with Crippen LogP contribution in [0.2, 0.25) is 0 Å². The van der Waals surface area contributed by atoms with Gasteiger partial charge in [-0.05, 0) is 24.2 Å². The molecule has 3 heteroatoms. The van der Waals surface area contributed by atoms with Crippen molar-refractivity contribution < 1.29 is 9.59 Å². The van der Waals surface area contributed by atoms with Crippen molar-refractivity contribution in [2.45, 2.75) is 33.1 Å². The van der Waals surface area contributed by atoms with Crippen LogP contribution >= 0.6 is 0 Å². The second-order valence-corrected chi connectivity index (χ2v) is 5.06. The fourth-order valence-corrected chi connectivity index (χ4v) is 2.60. The number of carbonyl (C=O) groups excluding carboxylic acids is 2. The molecule has 0 bridgehead atoms. The third-order valence-electron chi connectivity index (χ3n) is 3.20. The molecule has 1 unspecified atom stereocenters. The molecule has 1 saturated carbocycles. The van der Waals surface area contributed by atoms with Crippen molar-refractivity contribution in [2.24, 2.45) is 17.3 Å². The Morgan fingerprint density at radius 3 is 2.31 bits per heavy atom. The molecule has 1 atom stereocenters. The van der Waals surface area contributed by atoms with E-state index >= 15 is 0 Å². The van der Waals surface area contributed by atoms with Crippen LogP contribution in [0.1, 0.15) is 33.1 Å².